The van der Waals surface area contributed by atoms with Crippen molar-refractivity contribution in [1.29, 1.82) is 0 Å². The summed E-state index contributed by atoms with van der Waals surface area (Å²) < 4.78 is 10.1. The molecule has 84 valence electrons. The fourth-order valence-electron chi connectivity index (χ4n) is 1.06. The van der Waals surface area contributed by atoms with Crippen LogP contribution in [0.1, 0.15) is 20.3 Å². The zero-order valence-electron chi connectivity index (χ0n) is 9.53. The molecule has 1 aromatic carbocycles. The predicted octanol–water partition coefficient (Wildman–Crippen LogP) is 3.56. The lowest BCUT2D eigenvalue weighted by molar-refractivity contribution is 0.0511. The Balaban J connectivity index is 2.48. The number of ether oxygens (including phenoxy) is 2. The second kappa shape index (κ2) is 6.75. The molecule has 0 aliphatic rings. The Morgan fingerprint density at radius 1 is 1.27 bits per heavy atom. The van der Waals surface area contributed by atoms with Crippen molar-refractivity contribution in [2.75, 3.05) is 13.9 Å². The van der Waals surface area contributed by atoms with Crippen LogP contribution in [0.2, 0.25) is 0 Å². The molecule has 1 rings (SSSR count). The van der Waals surface area contributed by atoms with E-state index in [1.807, 2.05) is 23.9 Å². The summed E-state index contributed by atoms with van der Waals surface area (Å²) in [6.45, 7) is 4.74. The molecule has 0 amide bonds. The normalized spacial score (nSPS) is 12.5. The van der Waals surface area contributed by atoms with Gasteiger partial charge in [0.2, 0.25) is 0 Å². The van der Waals surface area contributed by atoms with Gasteiger partial charge in [-0.25, -0.2) is 0 Å². The molecule has 1 aromatic rings. The first-order valence-corrected chi connectivity index (χ1v) is 6.02. The molecule has 0 radical (unpaired) electrons. The van der Waals surface area contributed by atoms with Crippen molar-refractivity contribution in [2.24, 2.45) is 0 Å². The Bertz CT molecular complexity index is 271. The first-order chi connectivity index (χ1) is 7.26. The Labute approximate surface area is 96.0 Å². The molecule has 0 aliphatic heterocycles. The number of benzene rings is 1. The fourth-order valence-corrected chi connectivity index (χ4v) is 1.98. The third kappa shape index (κ3) is 4.58. The molecule has 0 N–H and O–H groups in total. The van der Waals surface area contributed by atoms with Crippen LogP contribution in [-0.2, 0) is 4.74 Å². The van der Waals surface area contributed by atoms with Crippen LogP contribution in [0, 0.1) is 0 Å². The van der Waals surface area contributed by atoms with Crippen molar-refractivity contribution in [2.45, 2.75) is 30.4 Å². The zero-order valence-corrected chi connectivity index (χ0v) is 10.3. The van der Waals surface area contributed by atoms with Crippen LogP contribution in [0.25, 0.3) is 0 Å². The summed E-state index contributed by atoms with van der Waals surface area (Å²) >= 11 is 1.89. The van der Waals surface area contributed by atoms with Gasteiger partial charge in [-0.2, -0.15) is 0 Å². The summed E-state index contributed by atoms with van der Waals surface area (Å²) in [5, 5.41) is 0.663. The minimum atomic E-state index is 0.303. The van der Waals surface area contributed by atoms with E-state index in [1.165, 1.54) is 11.3 Å². The maximum absolute atomic E-state index is 5.31. The van der Waals surface area contributed by atoms with Crippen LogP contribution in [0.3, 0.4) is 0 Å². The van der Waals surface area contributed by atoms with Gasteiger partial charge >= 0.3 is 0 Å². The average Bonchev–Trinajstić information content (AvgIpc) is 2.28. The second-order valence-corrected chi connectivity index (χ2v) is 4.87. The minimum Gasteiger partial charge on any atom is -0.468 e. The van der Waals surface area contributed by atoms with Crippen LogP contribution in [0.4, 0.5) is 0 Å². The third-order valence-electron chi connectivity index (χ3n) is 2.08. The highest BCUT2D eigenvalue weighted by Gasteiger charge is 2.01. The van der Waals surface area contributed by atoms with E-state index in [1.54, 1.807) is 7.11 Å². The maximum Gasteiger partial charge on any atom is 0.188 e. The molecule has 0 saturated carbocycles. The molecule has 0 fully saturated rings. The lowest BCUT2D eigenvalue weighted by atomic mass is 10.3. The monoisotopic (exact) mass is 226 g/mol. The second-order valence-electron chi connectivity index (χ2n) is 3.36. The van der Waals surface area contributed by atoms with E-state index in [0.29, 0.717) is 12.0 Å². The number of methoxy groups -OCH3 is 1. The van der Waals surface area contributed by atoms with Crippen molar-refractivity contribution in [3.05, 3.63) is 24.3 Å². The zero-order chi connectivity index (χ0) is 11.1. The van der Waals surface area contributed by atoms with E-state index in [0.717, 1.165) is 5.75 Å². The predicted molar refractivity (Wildman–Crippen MR) is 64.6 cm³/mol. The number of hydrogen-bond acceptors (Lipinski definition) is 3. The average molecular weight is 226 g/mol. The smallest absolute Gasteiger partial charge is 0.188 e. The molecule has 0 saturated heterocycles. The van der Waals surface area contributed by atoms with Gasteiger partial charge in [-0.1, -0.05) is 13.8 Å². The van der Waals surface area contributed by atoms with E-state index in [2.05, 4.69) is 26.0 Å². The van der Waals surface area contributed by atoms with Crippen molar-refractivity contribution >= 4 is 11.8 Å². The van der Waals surface area contributed by atoms with E-state index < -0.39 is 0 Å². The first kappa shape index (κ1) is 12.4. The summed E-state index contributed by atoms with van der Waals surface area (Å²) in [5.74, 6) is 0.852. The highest BCUT2D eigenvalue weighted by Crippen LogP contribution is 2.26. The van der Waals surface area contributed by atoms with Gasteiger partial charge in [0.1, 0.15) is 5.75 Å². The molecule has 2 nitrogen and oxygen atoms in total. The molecule has 0 bridgehead atoms. The highest BCUT2D eigenvalue weighted by molar-refractivity contribution is 7.99. The number of hydrogen-bond donors (Lipinski definition) is 0. The molecule has 0 spiro atoms. The molecular formula is C12H18O2S. The molecule has 15 heavy (non-hydrogen) atoms. The van der Waals surface area contributed by atoms with E-state index >= 15 is 0 Å². The summed E-state index contributed by atoms with van der Waals surface area (Å²) in [4.78, 5) is 1.29. The van der Waals surface area contributed by atoms with Crippen LogP contribution < -0.4 is 4.74 Å². The molecule has 3 heteroatoms. The molecular weight excluding hydrogens is 208 g/mol. The molecule has 0 aromatic heterocycles. The number of rotatable bonds is 6. The third-order valence-corrected chi connectivity index (χ3v) is 3.36. The van der Waals surface area contributed by atoms with Crippen molar-refractivity contribution in [3.63, 3.8) is 0 Å². The Hall–Kier alpha value is -0.670. The molecule has 1 atom stereocenters. The first-order valence-electron chi connectivity index (χ1n) is 5.14. The number of thioether (sulfide) groups is 1. The van der Waals surface area contributed by atoms with Gasteiger partial charge in [-0.3, -0.25) is 0 Å². The summed E-state index contributed by atoms with van der Waals surface area (Å²) in [6.07, 6.45) is 1.19. The van der Waals surface area contributed by atoms with Crippen molar-refractivity contribution in [3.8, 4) is 5.75 Å². The van der Waals surface area contributed by atoms with Gasteiger partial charge in [-0.15, -0.1) is 11.8 Å². The fraction of sp³-hybridized carbons (Fsp3) is 0.500. The quantitative estimate of drug-likeness (QED) is 0.546. The van der Waals surface area contributed by atoms with Crippen LogP contribution in [0.15, 0.2) is 29.2 Å². The van der Waals surface area contributed by atoms with Gasteiger partial charge in [0, 0.05) is 17.3 Å². The topological polar surface area (TPSA) is 18.5 Å². The SMILES string of the molecule is CCC(C)Sc1ccc(OCOC)cc1. The Morgan fingerprint density at radius 3 is 2.47 bits per heavy atom. The van der Waals surface area contributed by atoms with Crippen LogP contribution in [0.5, 0.6) is 5.75 Å². The minimum absolute atomic E-state index is 0.303. The highest BCUT2D eigenvalue weighted by atomic mass is 32.2. The van der Waals surface area contributed by atoms with Crippen LogP contribution >= 0.6 is 11.8 Å². The lowest BCUT2D eigenvalue weighted by Gasteiger charge is -2.09. The largest absolute Gasteiger partial charge is 0.468 e. The standard InChI is InChI=1S/C12H18O2S/c1-4-10(2)15-12-7-5-11(6-8-12)14-9-13-3/h5-8,10H,4,9H2,1-3H3. The van der Waals surface area contributed by atoms with Crippen molar-refractivity contribution < 1.29 is 9.47 Å². The van der Waals surface area contributed by atoms with Gasteiger partial charge in [-0.05, 0) is 30.7 Å². The summed E-state index contributed by atoms with van der Waals surface area (Å²) in [6, 6.07) is 8.12. The van der Waals surface area contributed by atoms with Crippen molar-refractivity contribution in [1.82, 2.24) is 0 Å². The van der Waals surface area contributed by atoms with E-state index in [4.69, 9.17) is 9.47 Å². The Morgan fingerprint density at radius 2 is 1.93 bits per heavy atom. The van der Waals surface area contributed by atoms with Gasteiger partial charge in [0.05, 0.1) is 0 Å². The lowest BCUT2D eigenvalue weighted by Crippen LogP contribution is -1.98. The van der Waals surface area contributed by atoms with Crippen LogP contribution in [-0.4, -0.2) is 19.2 Å². The summed E-state index contributed by atoms with van der Waals surface area (Å²) in [5.41, 5.74) is 0. The van der Waals surface area contributed by atoms with Gasteiger partial charge in [0.25, 0.3) is 0 Å². The van der Waals surface area contributed by atoms with Gasteiger partial charge < -0.3 is 9.47 Å². The summed E-state index contributed by atoms with van der Waals surface area (Å²) in [7, 11) is 1.62. The molecule has 1 unspecified atom stereocenters. The molecule has 0 heterocycles. The van der Waals surface area contributed by atoms with E-state index in [9.17, 15) is 0 Å². The van der Waals surface area contributed by atoms with E-state index in [-0.39, 0.29) is 0 Å². The van der Waals surface area contributed by atoms with Gasteiger partial charge in [0.15, 0.2) is 6.79 Å². The molecule has 0 aliphatic carbocycles. The maximum atomic E-state index is 5.31. The Kier molecular flexibility index (Phi) is 5.58.